The van der Waals surface area contributed by atoms with Crippen molar-refractivity contribution in [2.75, 3.05) is 6.54 Å². The maximum atomic E-state index is 13.2. The van der Waals surface area contributed by atoms with Crippen LogP contribution in [-0.2, 0) is 19.5 Å². The van der Waals surface area contributed by atoms with E-state index in [9.17, 15) is 4.39 Å². The zero-order valence-electron chi connectivity index (χ0n) is 12.0. The third kappa shape index (κ3) is 4.13. The summed E-state index contributed by atoms with van der Waals surface area (Å²) in [7, 11) is 0. The Morgan fingerprint density at radius 2 is 2.10 bits per heavy atom. The van der Waals surface area contributed by atoms with Crippen LogP contribution in [0.2, 0.25) is 0 Å². The van der Waals surface area contributed by atoms with Crippen LogP contribution in [0.5, 0.6) is 0 Å². The van der Waals surface area contributed by atoms with Crippen molar-refractivity contribution in [1.29, 1.82) is 0 Å². The average molecular weight is 277 g/mol. The Balaban J connectivity index is 1.97. The number of aryl methyl sites for hydroxylation is 1. The van der Waals surface area contributed by atoms with Gasteiger partial charge in [0.25, 0.3) is 0 Å². The molecule has 0 fully saturated rings. The van der Waals surface area contributed by atoms with Gasteiger partial charge in [-0.2, -0.15) is 4.98 Å². The summed E-state index contributed by atoms with van der Waals surface area (Å²) in [5, 5.41) is 3.94. The highest BCUT2D eigenvalue weighted by Crippen LogP contribution is 2.10. The van der Waals surface area contributed by atoms with Crippen LogP contribution >= 0.6 is 0 Å². The Bertz CT molecular complexity index is 541. The molecule has 0 amide bonds. The van der Waals surface area contributed by atoms with Gasteiger partial charge in [0.05, 0.1) is 6.54 Å². The van der Waals surface area contributed by atoms with Crippen molar-refractivity contribution in [1.82, 2.24) is 15.0 Å². The molecule has 1 aromatic heterocycles. The molecular formula is C15H20FN3O. The second-order valence-electron chi connectivity index (χ2n) is 4.79. The Morgan fingerprint density at radius 1 is 1.25 bits per heavy atom. The van der Waals surface area contributed by atoms with Gasteiger partial charge in [0, 0.05) is 13.0 Å². The number of benzene rings is 1. The predicted octanol–water partition coefficient (Wildman–Crippen LogP) is 3.18. The van der Waals surface area contributed by atoms with E-state index >= 15 is 0 Å². The molecule has 2 rings (SSSR count). The van der Waals surface area contributed by atoms with Crippen molar-refractivity contribution in [3.05, 3.63) is 47.4 Å². The molecule has 0 radical (unpaired) electrons. The molecule has 108 valence electrons. The van der Waals surface area contributed by atoms with Gasteiger partial charge < -0.3 is 4.52 Å². The number of rotatable bonds is 7. The normalized spacial score (nSPS) is 11.2. The zero-order chi connectivity index (χ0) is 14.4. The van der Waals surface area contributed by atoms with E-state index in [4.69, 9.17) is 4.52 Å². The lowest BCUT2D eigenvalue weighted by Gasteiger charge is -2.18. The summed E-state index contributed by atoms with van der Waals surface area (Å²) < 4.78 is 18.4. The molecule has 0 unspecified atom stereocenters. The maximum Gasteiger partial charge on any atom is 0.240 e. The Hall–Kier alpha value is -1.75. The molecule has 0 saturated carbocycles. The summed E-state index contributed by atoms with van der Waals surface area (Å²) in [4.78, 5) is 6.49. The molecule has 0 aliphatic heterocycles. The minimum atomic E-state index is -0.207. The molecule has 0 N–H and O–H groups in total. The van der Waals surface area contributed by atoms with Crippen molar-refractivity contribution in [3.8, 4) is 0 Å². The van der Waals surface area contributed by atoms with Crippen LogP contribution < -0.4 is 0 Å². The number of aromatic nitrogens is 2. The average Bonchev–Trinajstić information content (AvgIpc) is 2.86. The minimum Gasteiger partial charge on any atom is -0.338 e. The lowest BCUT2D eigenvalue weighted by atomic mass is 10.2. The molecule has 2 aromatic rings. The zero-order valence-corrected chi connectivity index (χ0v) is 12.0. The fraction of sp³-hybridized carbons (Fsp3) is 0.467. The van der Waals surface area contributed by atoms with Crippen molar-refractivity contribution in [2.45, 2.75) is 39.8 Å². The van der Waals surface area contributed by atoms with Crippen LogP contribution in [0.3, 0.4) is 0 Å². The van der Waals surface area contributed by atoms with Crippen molar-refractivity contribution >= 4 is 0 Å². The van der Waals surface area contributed by atoms with Crippen LogP contribution in [0.1, 0.15) is 37.5 Å². The highest BCUT2D eigenvalue weighted by Gasteiger charge is 2.11. The van der Waals surface area contributed by atoms with Gasteiger partial charge in [0.15, 0.2) is 5.82 Å². The predicted molar refractivity (Wildman–Crippen MR) is 74.5 cm³/mol. The van der Waals surface area contributed by atoms with Crippen LogP contribution in [0.4, 0.5) is 4.39 Å². The molecule has 4 nitrogen and oxygen atoms in total. The van der Waals surface area contributed by atoms with E-state index in [1.165, 1.54) is 6.07 Å². The van der Waals surface area contributed by atoms with E-state index in [2.05, 4.69) is 28.9 Å². The first-order valence-electron chi connectivity index (χ1n) is 6.99. The lowest BCUT2D eigenvalue weighted by molar-refractivity contribution is 0.228. The topological polar surface area (TPSA) is 42.2 Å². The van der Waals surface area contributed by atoms with Crippen molar-refractivity contribution < 1.29 is 8.91 Å². The summed E-state index contributed by atoms with van der Waals surface area (Å²) in [6.07, 6.45) is 1.83. The lowest BCUT2D eigenvalue weighted by Crippen LogP contribution is -2.22. The summed E-state index contributed by atoms with van der Waals surface area (Å²) in [6.45, 7) is 6.23. The minimum absolute atomic E-state index is 0.207. The van der Waals surface area contributed by atoms with E-state index < -0.39 is 0 Å². The van der Waals surface area contributed by atoms with Crippen LogP contribution in [0, 0.1) is 5.82 Å². The molecular weight excluding hydrogens is 257 g/mol. The fourth-order valence-corrected chi connectivity index (χ4v) is 2.04. The van der Waals surface area contributed by atoms with E-state index in [0.29, 0.717) is 19.0 Å². The summed E-state index contributed by atoms with van der Waals surface area (Å²) in [5.74, 6) is 1.16. The van der Waals surface area contributed by atoms with Crippen LogP contribution in [0.15, 0.2) is 28.8 Å². The highest BCUT2D eigenvalue weighted by atomic mass is 19.1. The molecule has 0 bridgehead atoms. The van der Waals surface area contributed by atoms with Gasteiger partial charge in [-0.25, -0.2) is 4.39 Å². The first-order chi connectivity index (χ1) is 9.71. The van der Waals surface area contributed by atoms with E-state index in [1.54, 1.807) is 12.1 Å². The van der Waals surface area contributed by atoms with E-state index in [1.807, 2.05) is 6.07 Å². The molecule has 1 aromatic carbocycles. The van der Waals surface area contributed by atoms with Gasteiger partial charge in [0.1, 0.15) is 5.82 Å². The SMILES string of the molecule is CCCc1noc(CN(CC)Cc2cccc(F)c2)n1. The molecule has 0 aliphatic carbocycles. The molecule has 0 saturated heterocycles. The summed E-state index contributed by atoms with van der Waals surface area (Å²) in [5.41, 5.74) is 0.945. The molecule has 20 heavy (non-hydrogen) atoms. The molecule has 1 heterocycles. The van der Waals surface area contributed by atoms with Gasteiger partial charge in [-0.3, -0.25) is 4.90 Å². The van der Waals surface area contributed by atoms with Crippen molar-refractivity contribution in [3.63, 3.8) is 0 Å². The van der Waals surface area contributed by atoms with Crippen LogP contribution in [0.25, 0.3) is 0 Å². The number of hydrogen-bond donors (Lipinski definition) is 0. The van der Waals surface area contributed by atoms with Gasteiger partial charge in [-0.05, 0) is 30.7 Å². The number of halogens is 1. The van der Waals surface area contributed by atoms with E-state index in [0.717, 1.165) is 30.8 Å². The fourth-order valence-electron chi connectivity index (χ4n) is 2.04. The van der Waals surface area contributed by atoms with Gasteiger partial charge >= 0.3 is 0 Å². The molecule has 0 atom stereocenters. The number of hydrogen-bond acceptors (Lipinski definition) is 4. The summed E-state index contributed by atoms with van der Waals surface area (Å²) >= 11 is 0. The Kier molecular flexibility index (Phi) is 5.24. The van der Waals surface area contributed by atoms with Gasteiger partial charge in [-0.1, -0.05) is 31.1 Å². The first-order valence-corrected chi connectivity index (χ1v) is 6.99. The molecule has 0 spiro atoms. The van der Waals surface area contributed by atoms with E-state index in [-0.39, 0.29) is 5.82 Å². The van der Waals surface area contributed by atoms with Gasteiger partial charge in [-0.15, -0.1) is 0 Å². The monoisotopic (exact) mass is 277 g/mol. The Labute approximate surface area is 118 Å². The number of nitrogens with zero attached hydrogens (tertiary/aromatic N) is 3. The van der Waals surface area contributed by atoms with Crippen molar-refractivity contribution in [2.24, 2.45) is 0 Å². The Morgan fingerprint density at radius 3 is 2.80 bits per heavy atom. The third-order valence-corrected chi connectivity index (χ3v) is 3.09. The second kappa shape index (κ2) is 7.14. The molecule has 5 heteroatoms. The maximum absolute atomic E-state index is 13.2. The third-order valence-electron chi connectivity index (χ3n) is 3.09. The second-order valence-corrected chi connectivity index (χ2v) is 4.79. The largest absolute Gasteiger partial charge is 0.338 e. The molecule has 0 aliphatic rings. The standard InChI is InChI=1S/C15H20FN3O/c1-3-6-14-17-15(20-18-14)11-19(4-2)10-12-7-5-8-13(16)9-12/h5,7-9H,3-4,6,10-11H2,1-2H3. The highest BCUT2D eigenvalue weighted by molar-refractivity contribution is 5.16. The summed E-state index contributed by atoms with van der Waals surface area (Å²) in [6, 6.07) is 6.65. The smallest absolute Gasteiger partial charge is 0.240 e. The quantitative estimate of drug-likeness (QED) is 0.779. The van der Waals surface area contributed by atoms with Crippen LogP contribution in [-0.4, -0.2) is 21.6 Å². The first kappa shape index (κ1) is 14.7. The van der Waals surface area contributed by atoms with Gasteiger partial charge in [0.2, 0.25) is 5.89 Å².